The first-order valence-electron chi connectivity index (χ1n) is 10.8. The SMILES string of the molecule is Cc1ccc(Oc2[nH]c3cc(Cl)c(-c4ccc(C5CCCC5)cc4)cc3[nH+]2)cc1C(=O)O. The fraction of sp³-hybridized carbons (Fsp3) is 0.231. The van der Waals surface area contributed by atoms with E-state index < -0.39 is 5.97 Å². The monoisotopic (exact) mass is 447 g/mol. The molecule has 1 aliphatic rings. The Kier molecular flexibility index (Phi) is 5.35. The van der Waals surface area contributed by atoms with Crippen LogP contribution < -0.4 is 9.72 Å². The van der Waals surface area contributed by atoms with Crippen molar-refractivity contribution < 1.29 is 19.6 Å². The first-order valence-corrected chi connectivity index (χ1v) is 11.2. The van der Waals surface area contributed by atoms with Crippen molar-refractivity contribution in [2.75, 3.05) is 0 Å². The number of carboxylic acids is 1. The van der Waals surface area contributed by atoms with E-state index in [0.29, 0.717) is 28.3 Å². The topological polar surface area (TPSA) is 76.5 Å². The van der Waals surface area contributed by atoms with E-state index in [-0.39, 0.29) is 5.56 Å². The zero-order valence-electron chi connectivity index (χ0n) is 17.7. The van der Waals surface area contributed by atoms with Crippen molar-refractivity contribution in [2.24, 2.45) is 0 Å². The van der Waals surface area contributed by atoms with E-state index >= 15 is 0 Å². The number of aromatic amines is 2. The molecule has 3 N–H and O–H groups in total. The summed E-state index contributed by atoms with van der Waals surface area (Å²) in [5.41, 5.74) is 5.98. The zero-order valence-corrected chi connectivity index (χ0v) is 18.5. The fourth-order valence-electron chi connectivity index (χ4n) is 4.54. The maximum Gasteiger partial charge on any atom is 0.458 e. The van der Waals surface area contributed by atoms with Gasteiger partial charge in [0, 0.05) is 11.6 Å². The number of ether oxygens (including phenoxy) is 1. The summed E-state index contributed by atoms with van der Waals surface area (Å²) in [4.78, 5) is 17.8. The molecule has 0 bridgehead atoms. The van der Waals surface area contributed by atoms with Gasteiger partial charge in [-0.25, -0.2) is 14.8 Å². The van der Waals surface area contributed by atoms with Gasteiger partial charge in [-0.05, 0) is 60.6 Å². The Balaban J connectivity index is 1.43. The predicted molar refractivity (Wildman–Crippen MR) is 125 cm³/mol. The Morgan fingerprint density at radius 3 is 2.56 bits per heavy atom. The molecule has 1 heterocycles. The van der Waals surface area contributed by atoms with E-state index in [2.05, 4.69) is 34.2 Å². The van der Waals surface area contributed by atoms with Gasteiger partial charge in [0.05, 0.1) is 10.6 Å². The molecule has 5 nitrogen and oxygen atoms in total. The number of hydrogen-bond acceptors (Lipinski definition) is 2. The molecule has 1 fully saturated rings. The Morgan fingerprint density at radius 2 is 1.84 bits per heavy atom. The molecule has 32 heavy (non-hydrogen) atoms. The summed E-state index contributed by atoms with van der Waals surface area (Å²) in [6, 6.07) is 18.0. The smallest absolute Gasteiger partial charge is 0.458 e. The molecule has 0 atom stereocenters. The lowest BCUT2D eigenvalue weighted by atomic mass is 9.95. The minimum absolute atomic E-state index is 0.213. The van der Waals surface area contributed by atoms with Crippen molar-refractivity contribution >= 4 is 28.6 Å². The average Bonchev–Trinajstić information content (AvgIpc) is 3.44. The van der Waals surface area contributed by atoms with Crippen LogP contribution in [0, 0.1) is 6.92 Å². The third kappa shape index (κ3) is 3.96. The normalized spacial score (nSPS) is 14.2. The number of halogens is 1. The second kappa shape index (κ2) is 8.32. The van der Waals surface area contributed by atoms with Crippen molar-refractivity contribution in [1.82, 2.24) is 4.98 Å². The quantitative estimate of drug-likeness (QED) is 0.355. The highest BCUT2D eigenvalue weighted by atomic mass is 35.5. The van der Waals surface area contributed by atoms with Gasteiger partial charge in [-0.1, -0.05) is 54.8 Å². The predicted octanol–water partition coefficient (Wildman–Crippen LogP) is 6.76. The van der Waals surface area contributed by atoms with Crippen LogP contribution in [0.3, 0.4) is 0 Å². The lowest BCUT2D eigenvalue weighted by molar-refractivity contribution is -0.359. The minimum atomic E-state index is -0.982. The summed E-state index contributed by atoms with van der Waals surface area (Å²) in [6.45, 7) is 1.76. The molecule has 0 amide bonds. The third-order valence-electron chi connectivity index (χ3n) is 6.31. The maximum absolute atomic E-state index is 11.4. The number of imidazole rings is 1. The van der Waals surface area contributed by atoms with E-state index in [1.54, 1.807) is 19.1 Å². The fourth-order valence-corrected chi connectivity index (χ4v) is 4.81. The van der Waals surface area contributed by atoms with Gasteiger partial charge in [-0.3, -0.25) is 0 Å². The molecule has 0 radical (unpaired) electrons. The molecule has 0 aliphatic heterocycles. The number of fused-ring (bicyclic) bond motifs is 1. The number of rotatable bonds is 5. The van der Waals surface area contributed by atoms with Crippen LogP contribution >= 0.6 is 11.6 Å². The van der Waals surface area contributed by atoms with Crippen LogP contribution in [-0.4, -0.2) is 16.1 Å². The molecule has 0 saturated heterocycles. The van der Waals surface area contributed by atoms with Crippen molar-refractivity contribution in [3.05, 3.63) is 76.3 Å². The van der Waals surface area contributed by atoms with Crippen LogP contribution in [0.2, 0.25) is 5.02 Å². The molecule has 1 saturated carbocycles. The lowest BCUT2D eigenvalue weighted by Gasteiger charge is -2.11. The van der Waals surface area contributed by atoms with Crippen LogP contribution in [0.4, 0.5) is 0 Å². The Morgan fingerprint density at radius 1 is 1.09 bits per heavy atom. The summed E-state index contributed by atoms with van der Waals surface area (Å²) in [6.07, 6.45) is 5.20. The van der Waals surface area contributed by atoms with Gasteiger partial charge < -0.3 is 9.84 Å². The Hall–Kier alpha value is -3.31. The van der Waals surface area contributed by atoms with Gasteiger partial charge in [-0.2, -0.15) is 0 Å². The number of aromatic carboxylic acids is 1. The van der Waals surface area contributed by atoms with Crippen LogP contribution in [0.25, 0.3) is 22.2 Å². The highest BCUT2D eigenvalue weighted by Crippen LogP contribution is 2.36. The lowest BCUT2D eigenvalue weighted by Crippen LogP contribution is -2.04. The number of aromatic nitrogens is 2. The highest BCUT2D eigenvalue weighted by Gasteiger charge is 2.19. The summed E-state index contributed by atoms with van der Waals surface area (Å²) >= 11 is 6.61. The van der Waals surface area contributed by atoms with Gasteiger partial charge in [0.2, 0.25) is 0 Å². The van der Waals surface area contributed by atoms with Crippen molar-refractivity contribution in [3.63, 3.8) is 0 Å². The van der Waals surface area contributed by atoms with Crippen LogP contribution in [0.1, 0.15) is 53.1 Å². The van der Waals surface area contributed by atoms with Crippen LogP contribution in [0.15, 0.2) is 54.6 Å². The van der Waals surface area contributed by atoms with Gasteiger partial charge in [-0.15, -0.1) is 0 Å². The van der Waals surface area contributed by atoms with Crippen molar-refractivity contribution in [3.8, 4) is 22.9 Å². The Bertz CT molecular complexity index is 1300. The summed E-state index contributed by atoms with van der Waals surface area (Å²) in [7, 11) is 0. The number of nitrogens with one attached hydrogen (secondary N) is 2. The molecular formula is C26H24ClN2O3+. The second-order valence-corrected chi connectivity index (χ2v) is 8.85. The van der Waals surface area contributed by atoms with Crippen LogP contribution in [-0.2, 0) is 0 Å². The molecule has 4 aromatic rings. The Labute approximate surface area is 191 Å². The van der Waals surface area contributed by atoms with E-state index in [4.69, 9.17) is 16.3 Å². The first-order chi connectivity index (χ1) is 15.5. The molecule has 0 spiro atoms. The van der Waals surface area contributed by atoms with Crippen molar-refractivity contribution in [2.45, 2.75) is 38.5 Å². The number of aryl methyl sites for hydroxylation is 1. The number of carbonyl (C=O) groups is 1. The maximum atomic E-state index is 11.4. The van der Waals surface area contributed by atoms with Crippen LogP contribution in [0.5, 0.6) is 11.8 Å². The van der Waals surface area contributed by atoms with E-state index in [9.17, 15) is 9.90 Å². The van der Waals surface area contributed by atoms with Gasteiger partial charge >= 0.3 is 12.0 Å². The van der Waals surface area contributed by atoms with Gasteiger partial charge in [0.15, 0.2) is 11.0 Å². The molecule has 0 unspecified atom stereocenters. The van der Waals surface area contributed by atoms with E-state index in [0.717, 1.165) is 22.2 Å². The van der Waals surface area contributed by atoms with Crippen molar-refractivity contribution in [1.29, 1.82) is 0 Å². The number of hydrogen-bond donors (Lipinski definition) is 2. The second-order valence-electron chi connectivity index (χ2n) is 8.44. The third-order valence-corrected chi connectivity index (χ3v) is 6.62. The largest absolute Gasteiger partial charge is 0.478 e. The summed E-state index contributed by atoms with van der Waals surface area (Å²) in [5, 5.41) is 9.98. The number of H-pyrrole nitrogens is 2. The molecule has 6 heteroatoms. The molecule has 3 aromatic carbocycles. The highest BCUT2D eigenvalue weighted by molar-refractivity contribution is 6.34. The summed E-state index contributed by atoms with van der Waals surface area (Å²) in [5.74, 6) is 0.136. The molecule has 1 aromatic heterocycles. The van der Waals surface area contributed by atoms with Gasteiger partial charge in [0.1, 0.15) is 5.75 Å². The minimum Gasteiger partial charge on any atom is -0.478 e. The summed E-state index contributed by atoms with van der Waals surface area (Å²) < 4.78 is 5.85. The zero-order chi connectivity index (χ0) is 22.2. The van der Waals surface area contributed by atoms with E-state index in [1.807, 2.05) is 12.1 Å². The number of carboxylic acid groups (broad SMARTS) is 1. The standard InChI is InChI=1S/C26H23ClN2O3/c1-15-6-11-19(12-20(15)25(30)31)32-26-28-23-13-21(22(27)14-24(23)29-26)18-9-7-17(8-10-18)16-4-2-3-5-16/h6-14,16H,2-5H2,1H3,(H,28,29)(H,30,31)/p+1. The molecule has 1 aliphatic carbocycles. The van der Waals surface area contributed by atoms with E-state index in [1.165, 1.54) is 37.3 Å². The number of benzene rings is 3. The average molecular weight is 448 g/mol. The first kappa shape index (κ1) is 20.6. The molecular weight excluding hydrogens is 424 g/mol. The van der Waals surface area contributed by atoms with Gasteiger partial charge in [0.25, 0.3) is 0 Å². The molecule has 5 rings (SSSR count). The molecule has 162 valence electrons.